The zero-order chi connectivity index (χ0) is 13.7. The van der Waals surface area contributed by atoms with Gasteiger partial charge in [-0.25, -0.2) is 0 Å². The molecule has 0 atom stereocenters. The minimum atomic E-state index is 0.0344. The maximum absolute atomic E-state index is 11.8. The molecule has 1 fully saturated rings. The molecule has 1 amide bonds. The van der Waals surface area contributed by atoms with Crippen LogP contribution in [0.25, 0.3) is 0 Å². The number of amides is 1. The molecule has 1 saturated carbocycles. The molecule has 0 aromatic carbocycles. The molecular formula is C14H19BrN2O2. The number of hydrogen-bond acceptors (Lipinski definition) is 3. The van der Waals surface area contributed by atoms with Crippen LogP contribution in [0.1, 0.15) is 37.8 Å². The van der Waals surface area contributed by atoms with E-state index in [-0.39, 0.29) is 5.91 Å². The van der Waals surface area contributed by atoms with Crippen LogP contribution in [0.4, 0.5) is 5.69 Å². The molecule has 104 valence electrons. The van der Waals surface area contributed by atoms with Gasteiger partial charge in [0.2, 0.25) is 5.91 Å². The number of hydrogen-bond donors (Lipinski definition) is 1. The molecule has 0 radical (unpaired) electrons. The van der Waals surface area contributed by atoms with Crippen molar-refractivity contribution in [3.63, 3.8) is 0 Å². The number of halogens is 1. The van der Waals surface area contributed by atoms with Crippen LogP contribution < -0.4 is 10.1 Å². The fourth-order valence-electron chi connectivity index (χ4n) is 1.70. The van der Waals surface area contributed by atoms with Crippen molar-refractivity contribution in [2.75, 3.05) is 10.6 Å². The Morgan fingerprint density at radius 3 is 3.00 bits per heavy atom. The van der Waals surface area contributed by atoms with Crippen molar-refractivity contribution in [1.82, 2.24) is 4.98 Å². The fraction of sp³-hybridized carbons (Fsp3) is 0.571. The molecule has 0 unspecified atom stereocenters. The predicted octanol–water partition coefficient (Wildman–Crippen LogP) is 3.43. The van der Waals surface area contributed by atoms with Crippen LogP contribution >= 0.6 is 15.9 Å². The average Bonchev–Trinajstić information content (AvgIpc) is 3.17. The van der Waals surface area contributed by atoms with Crippen LogP contribution in [0.2, 0.25) is 0 Å². The van der Waals surface area contributed by atoms with E-state index >= 15 is 0 Å². The summed E-state index contributed by atoms with van der Waals surface area (Å²) in [5, 5.41) is 3.86. The van der Waals surface area contributed by atoms with Gasteiger partial charge in [0.15, 0.2) is 5.75 Å². The van der Waals surface area contributed by atoms with Crippen molar-refractivity contribution in [2.24, 2.45) is 0 Å². The second-order valence-corrected chi connectivity index (χ2v) is 5.63. The number of rotatable bonds is 7. The van der Waals surface area contributed by atoms with Crippen molar-refractivity contribution >= 4 is 27.5 Å². The van der Waals surface area contributed by atoms with Crippen molar-refractivity contribution in [3.8, 4) is 5.75 Å². The van der Waals surface area contributed by atoms with Crippen LogP contribution in [-0.4, -0.2) is 22.3 Å². The Bertz CT molecular complexity index is 447. The molecule has 5 heteroatoms. The highest BCUT2D eigenvalue weighted by Crippen LogP contribution is 2.31. The van der Waals surface area contributed by atoms with Gasteiger partial charge in [-0.3, -0.25) is 9.78 Å². The maximum atomic E-state index is 11.8. The lowest BCUT2D eigenvalue weighted by molar-refractivity contribution is -0.116. The third-order valence-electron chi connectivity index (χ3n) is 2.88. The Labute approximate surface area is 122 Å². The van der Waals surface area contributed by atoms with Gasteiger partial charge in [0.25, 0.3) is 0 Å². The summed E-state index contributed by atoms with van der Waals surface area (Å²) >= 11 is 3.36. The topological polar surface area (TPSA) is 51.2 Å². The number of unbranched alkanes of at least 4 members (excludes halogenated alkanes) is 1. The summed E-state index contributed by atoms with van der Waals surface area (Å²) in [6.45, 7) is 1.90. The van der Waals surface area contributed by atoms with Crippen molar-refractivity contribution < 1.29 is 9.53 Å². The molecule has 0 bridgehead atoms. The summed E-state index contributed by atoms with van der Waals surface area (Å²) in [5.41, 5.74) is 1.61. The third kappa shape index (κ3) is 4.82. The van der Waals surface area contributed by atoms with Gasteiger partial charge in [-0.1, -0.05) is 15.9 Å². The highest BCUT2D eigenvalue weighted by molar-refractivity contribution is 9.09. The van der Waals surface area contributed by atoms with E-state index in [0.717, 1.165) is 42.4 Å². The Morgan fingerprint density at radius 2 is 2.32 bits per heavy atom. The number of aromatic nitrogens is 1. The van der Waals surface area contributed by atoms with E-state index in [9.17, 15) is 4.79 Å². The van der Waals surface area contributed by atoms with Crippen LogP contribution in [-0.2, 0) is 4.79 Å². The Hall–Kier alpha value is -1.10. The molecule has 0 saturated heterocycles. The molecule has 1 aliphatic carbocycles. The first kappa shape index (κ1) is 14.3. The quantitative estimate of drug-likeness (QED) is 0.616. The lowest BCUT2D eigenvalue weighted by Crippen LogP contribution is -2.13. The van der Waals surface area contributed by atoms with Crippen LogP contribution in [0.3, 0.4) is 0 Å². The lowest BCUT2D eigenvalue weighted by atomic mass is 10.2. The molecule has 19 heavy (non-hydrogen) atoms. The van der Waals surface area contributed by atoms with Crippen molar-refractivity contribution in [2.45, 2.75) is 45.1 Å². The van der Waals surface area contributed by atoms with Crippen LogP contribution in [0.5, 0.6) is 5.75 Å². The molecule has 1 aromatic rings. The van der Waals surface area contributed by atoms with E-state index in [1.807, 2.05) is 13.0 Å². The molecule has 0 spiro atoms. The van der Waals surface area contributed by atoms with E-state index in [1.165, 1.54) is 0 Å². The monoisotopic (exact) mass is 326 g/mol. The molecule has 2 rings (SSSR count). The standard InChI is InChI=1S/C14H19BrN2O2/c1-10-8-12(17-14(18)4-2-3-7-15)13(9-16-10)19-11-5-6-11/h8-9,11H,2-7H2,1H3,(H,16,17,18). The summed E-state index contributed by atoms with van der Waals surface area (Å²) < 4.78 is 5.75. The molecule has 1 aliphatic rings. The first-order valence-corrected chi connectivity index (χ1v) is 7.80. The van der Waals surface area contributed by atoms with Crippen molar-refractivity contribution in [3.05, 3.63) is 18.0 Å². The third-order valence-corrected chi connectivity index (χ3v) is 3.44. The summed E-state index contributed by atoms with van der Waals surface area (Å²) in [6, 6.07) is 1.86. The highest BCUT2D eigenvalue weighted by Gasteiger charge is 2.25. The lowest BCUT2D eigenvalue weighted by Gasteiger charge is -2.12. The normalized spacial score (nSPS) is 14.2. The van der Waals surface area contributed by atoms with E-state index in [4.69, 9.17) is 4.74 Å². The summed E-state index contributed by atoms with van der Waals surface area (Å²) in [7, 11) is 0. The maximum Gasteiger partial charge on any atom is 0.224 e. The van der Waals surface area contributed by atoms with Gasteiger partial charge in [0.1, 0.15) is 0 Å². The Balaban J connectivity index is 1.96. The molecule has 4 nitrogen and oxygen atoms in total. The van der Waals surface area contributed by atoms with Crippen LogP contribution in [0, 0.1) is 6.92 Å². The first-order chi connectivity index (χ1) is 9.19. The first-order valence-electron chi connectivity index (χ1n) is 6.68. The molecular weight excluding hydrogens is 308 g/mol. The van der Waals surface area contributed by atoms with Gasteiger partial charge in [-0.15, -0.1) is 0 Å². The zero-order valence-electron chi connectivity index (χ0n) is 11.1. The number of nitrogens with zero attached hydrogens (tertiary/aromatic N) is 1. The second kappa shape index (κ2) is 6.89. The number of pyridine rings is 1. The minimum absolute atomic E-state index is 0.0344. The largest absolute Gasteiger partial charge is 0.487 e. The SMILES string of the molecule is Cc1cc(NC(=O)CCCCBr)c(OC2CC2)cn1. The number of anilines is 1. The number of aryl methyl sites for hydroxylation is 1. The second-order valence-electron chi connectivity index (χ2n) is 4.83. The molecule has 1 N–H and O–H groups in total. The molecule has 1 heterocycles. The smallest absolute Gasteiger partial charge is 0.224 e. The van der Waals surface area contributed by atoms with E-state index in [1.54, 1.807) is 6.20 Å². The zero-order valence-corrected chi connectivity index (χ0v) is 12.7. The van der Waals surface area contributed by atoms with Gasteiger partial charge < -0.3 is 10.1 Å². The summed E-state index contributed by atoms with van der Waals surface area (Å²) in [4.78, 5) is 16.1. The number of carbonyl (C=O) groups excluding carboxylic acids is 1. The summed E-state index contributed by atoms with van der Waals surface area (Å²) in [5.74, 6) is 0.717. The van der Waals surface area contributed by atoms with Gasteiger partial charge in [-0.2, -0.15) is 0 Å². The van der Waals surface area contributed by atoms with Gasteiger partial charge in [0, 0.05) is 17.4 Å². The summed E-state index contributed by atoms with van der Waals surface area (Å²) in [6.07, 6.45) is 6.61. The number of nitrogens with one attached hydrogen (secondary N) is 1. The average molecular weight is 327 g/mol. The van der Waals surface area contributed by atoms with Gasteiger partial charge in [0.05, 0.1) is 18.0 Å². The van der Waals surface area contributed by atoms with Gasteiger partial charge in [-0.05, 0) is 38.7 Å². The number of alkyl halides is 1. The van der Waals surface area contributed by atoms with E-state index < -0.39 is 0 Å². The number of ether oxygens (including phenoxy) is 1. The van der Waals surface area contributed by atoms with Crippen LogP contribution in [0.15, 0.2) is 12.3 Å². The van der Waals surface area contributed by atoms with Crippen molar-refractivity contribution in [1.29, 1.82) is 0 Å². The highest BCUT2D eigenvalue weighted by atomic mass is 79.9. The molecule has 1 aromatic heterocycles. The minimum Gasteiger partial charge on any atom is -0.487 e. The Morgan fingerprint density at radius 1 is 1.53 bits per heavy atom. The Kier molecular flexibility index (Phi) is 5.19. The van der Waals surface area contributed by atoms with Gasteiger partial charge >= 0.3 is 0 Å². The number of carbonyl (C=O) groups is 1. The van der Waals surface area contributed by atoms with E-state index in [0.29, 0.717) is 18.3 Å². The molecule has 0 aliphatic heterocycles. The predicted molar refractivity (Wildman–Crippen MR) is 78.9 cm³/mol. The van der Waals surface area contributed by atoms with E-state index in [2.05, 4.69) is 26.2 Å². The fourth-order valence-corrected chi connectivity index (χ4v) is 2.09.